The Morgan fingerprint density at radius 1 is 1.13 bits per heavy atom. The van der Waals surface area contributed by atoms with Crippen LogP contribution in [0.2, 0.25) is 0 Å². The Labute approximate surface area is 169 Å². The topological polar surface area (TPSA) is 84.8 Å². The molecule has 0 radical (unpaired) electrons. The minimum atomic E-state index is -3.70. The van der Waals surface area contributed by atoms with Crippen molar-refractivity contribution in [3.63, 3.8) is 0 Å². The van der Waals surface area contributed by atoms with Crippen LogP contribution in [0.3, 0.4) is 0 Å². The highest BCUT2D eigenvalue weighted by Crippen LogP contribution is 2.44. The van der Waals surface area contributed by atoms with Crippen molar-refractivity contribution < 1.29 is 28.2 Å². The van der Waals surface area contributed by atoms with Gasteiger partial charge in [0.05, 0.1) is 16.6 Å². The Hall–Kier alpha value is -3.49. The standard InChI is InChI=1S/C21H17F2N3O4/c1-11-3-2-8-26(11)19-18(12-5-7-16-17(10-12)30-21(22,23)29-16)24-14-6-4-13(20(27)28)9-15(14)25-19/h4-7,9-11H,2-3,8H2,1H3,(H,27,28). The summed E-state index contributed by atoms with van der Waals surface area (Å²) < 4.78 is 35.9. The Morgan fingerprint density at radius 3 is 2.67 bits per heavy atom. The lowest BCUT2D eigenvalue weighted by atomic mass is 10.1. The van der Waals surface area contributed by atoms with Gasteiger partial charge in [0.15, 0.2) is 17.3 Å². The Morgan fingerprint density at radius 2 is 1.93 bits per heavy atom. The molecule has 0 spiro atoms. The zero-order valence-corrected chi connectivity index (χ0v) is 15.9. The molecule has 30 heavy (non-hydrogen) atoms. The zero-order valence-electron chi connectivity index (χ0n) is 15.9. The summed E-state index contributed by atoms with van der Waals surface area (Å²) >= 11 is 0. The van der Waals surface area contributed by atoms with Gasteiger partial charge in [0.2, 0.25) is 0 Å². The van der Waals surface area contributed by atoms with Crippen LogP contribution >= 0.6 is 0 Å². The number of aromatic nitrogens is 2. The average molecular weight is 413 g/mol. The van der Waals surface area contributed by atoms with Crippen LogP contribution in [0.1, 0.15) is 30.1 Å². The second kappa shape index (κ2) is 6.51. The van der Waals surface area contributed by atoms with Gasteiger partial charge in [0.1, 0.15) is 5.69 Å². The van der Waals surface area contributed by atoms with Gasteiger partial charge in [0.25, 0.3) is 0 Å². The molecule has 1 unspecified atom stereocenters. The zero-order chi connectivity index (χ0) is 21.0. The SMILES string of the molecule is CC1CCCN1c1nc2cc(C(=O)O)ccc2nc1-c1ccc2c(c1)OC(F)(F)O2. The van der Waals surface area contributed by atoms with Crippen molar-refractivity contribution in [2.24, 2.45) is 0 Å². The first-order chi connectivity index (χ1) is 14.3. The van der Waals surface area contributed by atoms with E-state index in [-0.39, 0.29) is 23.1 Å². The van der Waals surface area contributed by atoms with Crippen molar-refractivity contribution in [2.75, 3.05) is 11.4 Å². The fourth-order valence-electron chi connectivity index (χ4n) is 3.92. The number of nitrogens with zero attached hydrogens (tertiary/aromatic N) is 3. The highest BCUT2D eigenvalue weighted by atomic mass is 19.3. The molecule has 2 aliphatic rings. The number of anilines is 1. The van der Waals surface area contributed by atoms with Gasteiger partial charge in [-0.1, -0.05) is 0 Å². The van der Waals surface area contributed by atoms with Gasteiger partial charge in [-0.2, -0.15) is 0 Å². The van der Waals surface area contributed by atoms with Crippen LogP contribution in [0.4, 0.5) is 14.6 Å². The third-order valence-corrected chi connectivity index (χ3v) is 5.39. The molecule has 3 aromatic rings. The number of halogens is 2. The fourth-order valence-corrected chi connectivity index (χ4v) is 3.92. The Kier molecular flexibility index (Phi) is 4.02. The summed E-state index contributed by atoms with van der Waals surface area (Å²) in [6, 6.07) is 9.27. The van der Waals surface area contributed by atoms with Crippen molar-refractivity contribution in [1.29, 1.82) is 0 Å². The maximum absolute atomic E-state index is 13.4. The summed E-state index contributed by atoms with van der Waals surface area (Å²) in [5.41, 5.74) is 2.16. The number of ether oxygens (including phenoxy) is 2. The summed E-state index contributed by atoms with van der Waals surface area (Å²) in [6.45, 7) is 2.85. The quantitative estimate of drug-likeness (QED) is 0.685. The number of hydrogen-bond acceptors (Lipinski definition) is 6. The lowest BCUT2D eigenvalue weighted by molar-refractivity contribution is -0.286. The third-order valence-electron chi connectivity index (χ3n) is 5.39. The van der Waals surface area contributed by atoms with Crippen LogP contribution in [-0.2, 0) is 0 Å². The number of hydrogen-bond donors (Lipinski definition) is 1. The summed E-state index contributed by atoms with van der Waals surface area (Å²) in [5, 5.41) is 9.29. The van der Waals surface area contributed by atoms with Gasteiger partial charge in [-0.25, -0.2) is 14.8 Å². The first-order valence-electron chi connectivity index (χ1n) is 9.53. The van der Waals surface area contributed by atoms with Crippen molar-refractivity contribution in [1.82, 2.24) is 9.97 Å². The number of carbonyl (C=O) groups is 1. The summed E-state index contributed by atoms with van der Waals surface area (Å²) in [7, 11) is 0. The summed E-state index contributed by atoms with van der Waals surface area (Å²) in [6.07, 6.45) is -1.72. The van der Waals surface area contributed by atoms with Gasteiger partial charge in [-0.05, 0) is 56.2 Å². The minimum Gasteiger partial charge on any atom is -0.478 e. The molecule has 2 aromatic carbocycles. The average Bonchev–Trinajstić information content (AvgIpc) is 3.26. The number of aromatic carboxylic acids is 1. The van der Waals surface area contributed by atoms with Crippen LogP contribution in [0, 0.1) is 0 Å². The van der Waals surface area contributed by atoms with E-state index in [0.29, 0.717) is 28.1 Å². The summed E-state index contributed by atoms with van der Waals surface area (Å²) in [5.74, 6) is -0.572. The molecule has 0 bridgehead atoms. The van der Waals surface area contributed by atoms with Crippen molar-refractivity contribution in [2.45, 2.75) is 32.1 Å². The highest BCUT2D eigenvalue weighted by molar-refractivity contribution is 5.93. The van der Waals surface area contributed by atoms with E-state index in [2.05, 4.69) is 21.3 Å². The third kappa shape index (κ3) is 3.06. The number of fused-ring (bicyclic) bond motifs is 2. The number of alkyl halides is 2. The molecule has 0 amide bonds. The molecule has 1 atom stereocenters. The van der Waals surface area contributed by atoms with Gasteiger partial charge < -0.3 is 19.5 Å². The fraction of sp³-hybridized carbons (Fsp3) is 0.286. The van der Waals surface area contributed by atoms with E-state index in [9.17, 15) is 18.7 Å². The second-order valence-electron chi connectivity index (χ2n) is 7.42. The second-order valence-corrected chi connectivity index (χ2v) is 7.42. The predicted molar refractivity (Wildman–Crippen MR) is 104 cm³/mol. The highest BCUT2D eigenvalue weighted by Gasteiger charge is 2.43. The van der Waals surface area contributed by atoms with Gasteiger partial charge in [-0.15, -0.1) is 8.78 Å². The lowest BCUT2D eigenvalue weighted by Crippen LogP contribution is -2.28. The molecule has 1 aromatic heterocycles. The molecule has 154 valence electrons. The molecule has 3 heterocycles. The van der Waals surface area contributed by atoms with Crippen LogP contribution in [0.15, 0.2) is 36.4 Å². The first kappa shape index (κ1) is 18.5. The first-order valence-corrected chi connectivity index (χ1v) is 9.53. The van der Waals surface area contributed by atoms with Gasteiger partial charge >= 0.3 is 12.3 Å². The normalized spacial score (nSPS) is 19.4. The molecular formula is C21H17F2N3O4. The van der Waals surface area contributed by atoms with Crippen molar-refractivity contribution in [3.8, 4) is 22.8 Å². The monoisotopic (exact) mass is 413 g/mol. The number of benzene rings is 2. The number of rotatable bonds is 3. The van der Waals surface area contributed by atoms with Crippen LogP contribution in [0.25, 0.3) is 22.3 Å². The Balaban J connectivity index is 1.69. The van der Waals surface area contributed by atoms with E-state index in [1.54, 1.807) is 12.1 Å². The molecule has 5 rings (SSSR count). The van der Waals surface area contributed by atoms with E-state index in [4.69, 9.17) is 9.97 Å². The van der Waals surface area contributed by atoms with Gasteiger partial charge in [0, 0.05) is 18.2 Å². The smallest absolute Gasteiger partial charge is 0.478 e. The molecule has 9 heteroatoms. The van der Waals surface area contributed by atoms with Crippen LogP contribution < -0.4 is 14.4 Å². The van der Waals surface area contributed by atoms with Gasteiger partial charge in [-0.3, -0.25) is 0 Å². The number of carboxylic acids is 1. The largest absolute Gasteiger partial charge is 0.586 e. The molecule has 0 aliphatic carbocycles. The molecule has 0 saturated carbocycles. The molecule has 7 nitrogen and oxygen atoms in total. The maximum Gasteiger partial charge on any atom is 0.586 e. The van der Waals surface area contributed by atoms with Crippen LogP contribution in [0.5, 0.6) is 11.5 Å². The summed E-state index contributed by atoms with van der Waals surface area (Å²) in [4.78, 5) is 22.9. The molecular weight excluding hydrogens is 396 g/mol. The molecule has 1 N–H and O–H groups in total. The lowest BCUT2D eigenvalue weighted by Gasteiger charge is -2.25. The van der Waals surface area contributed by atoms with E-state index >= 15 is 0 Å². The molecule has 1 fully saturated rings. The molecule has 2 aliphatic heterocycles. The minimum absolute atomic E-state index is 0.0420. The van der Waals surface area contributed by atoms with E-state index in [1.165, 1.54) is 24.3 Å². The maximum atomic E-state index is 13.4. The van der Waals surface area contributed by atoms with E-state index in [0.717, 1.165) is 19.4 Å². The van der Waals surface area contributed by atoms with Crippen molar-refractivity contribution in [3.05, 3.63) is 42.0 Å². The molecule has 1 saturated heterocycles. The van der Waals surface area contributed by atoms with Crippen molar-refractivity contribution >= 4 is 22.8 Å². The Bertz CT molecular complexity index is 1180. The van der Waals surface area contributed by atoms with Crippen LogP contribution in [-0.4, -0.2) is 39.9 Å². The van der Waals surface area contributed by atoms with E-state index < -0.39 is 12.3 Å². The number of carboxylic acid groups (broad SMARTS) is 1. The predicted octanol–water partition coefficient (Wildman–Crippen LogP) is 4.31. The van der Waals surface area contributed by atoms with E-state index in [1.807, 2.05) is 0 Å².